The Morgan fingerprint density at radius 2 is 0.700 bits per heavy atom. The van der Waals surface area contributed by atoms with E-state index in [4.69, 9.17) is 19.4 Å². The van der Waals surface area contributed by atoms with E-state index >= 15 is 0 Å². The number of furan rings is 1. The lowest BCUT2D eigenvalue weighted by Gasteiger charge is -2.20. The molecule has 3 heterocycles. The molecule has 3 aromatic heterocycles. The Kier molecular flexibility index (Phi) is 11.1. The predicted molar refractivity (Wildman–Crippen MR) is 343 cm³/mol. The Labute approximate surface area is 422 Å². The second-order valence-electron chi connectivity index (χ2n) is 20.0. The fourth-order valence-electron chi connectivity index (χ4n) is 11.5. The molecular weight excluding hydrogens is 836 g/mol. The molecule has 70 heavy (non-hydrogen) atoms. The van der Waals surface area contributed by atoms with Gasteiger partial charge >= 0.3 is 0 Å². The number of aromatic nitrogens is 4. The number of fused-ring (bicyclic) bond motifs is 6. The van der Waals surface area contributed by atoms with Crippen molar-refractivity contribution in [1.29, 1.82) is 0 Å². The Hall–Kier alpha value is -6.72. The lowest BCUT2D eigenvalue weighted by atomic mass is 9.64. The first kappa shape index (κ1) is 45.7. The molecule has 11 aromatic rings. The zero-order chi connectivity index (χ0) is 49.2. The molecule has 19 heteroatoms. The molecule has 0 saturated heterocycles. The average molecular weight is 882 g/mol. The molecular formula is C51H46B14N4O. The van der Waals surface area contributed by atoms with Gasteiger partial charge < -0.3 is 8.98 Å². The number of para-hydroxylation sites is 1. The summed E-state index contributed by atoms with van der Waals surface area (Å²) in [5.74, 6) is 1.91. The van der Waals surface area contributed by atoms with Crippen LogP contribution in [0.25, 0.3) is 106 Å². The van der Waals surface area contributed by atoms with Crippen molar-refractivity contribution in [3.63, 3.8) is 0 Å². The summed E-state index contributed by atoms with van der Waals surface area (Å²) in [6.07, 6.45) is 0. The summed E-state index contributed by atoms with van der Waals surface area (Å²) in [6.45, 7) is 0. The van der Waals surface area contributed by atoms with E-state index in [2.05, 4.69) is 224 Å². The molecule has 0 bridgehead atoms. The van der Waals surface area contributed by atoms with Gasteiger partial charge in [-0.2, -0.15) is 0 Å². The van der Waals surface area contributed by atoms with Crippen LogP contribution in [0.3, 0.4) is 0 Å². The van der Waals surface area contributed by atoms with Gasteiger partial charge in [-0.15, -0.1) is 10.9 Å². The molecule has 8 aromatic carbocycles. The van der Waals surface area contributed by atoms with Crippen molar-refractivity contribution in [2.45, 2.75) is 0 Å². The number of hydrogen-bond donors (Lipinski definition) is 0. The van der Waals surface area contributed by atoms with Crippen LogP contribution in [-0.2, 0) is 0 Å². The summed E-state index contributed by atoms with van der Waals surface area (Å²) in [7, 11) is 31.4. The van der Waals surface area contributed by atoms with E-state index in [1.54, 1.807) is 0 Å². The number of nitrogens with zero attached hydrogens (tertiary/aromatic N) is 4. The van der Waals surface area contributed by atoms with E-state index in [9.17, 15) is 0 Å². The van der Waals surface area contributed by atoms with Crippen LogP contribution in [0.4, 0.5) is 0 Å². The minimum Gasteiger partial charge on any atom is -0.457 e. The van der Waals surface area contributed by atoms with Gasteiger partial charge in [-0.25, -0.2) is 15.0 Å². The van der Waals surface area contributed by atoms with Gasteiger partial charge in [0.15, 0.2) is 17.5 Å². The molecule has 11 rings (SSSR count). The molecule has 0 N–H and O–H groups in total. The molecule has 0 aliphatic rings. The maximum atomic E-state index is 7.01. The highest BCUT2D eigenvalue weighted by Crippen LogP contribution is 2.35. The van der Waals surface area contributed by atoms with E-state index < -0.39 is 0 Å². The summed E-state index contributed by atoms with van der Waals surface area (Å²) in [4.78, 5) is 16.9. The van der Waals surface area contributed by atoms with Gasteiger partial charge in [0, 0.05) is 44.2 Å². The van der Waals surface area contributed by atoms with E-state index in [0.29, 0.717) is 17.5 Å². The van der Waals surface area contributed by atoms with Gasteiger partial charge in [-0.05, 0) is 57.3 Å². The molecule has 0 spiro atoms. The van der Waals surface area contributed by atoms with Gasteiger partial charge in [-0.1, -0.05) is 150 Å². The average Bonchev–Trinajstić information content (AvgIpc) is 3.96. The fraction of sp³-hybridized carbons (Fsp3) is 0. The molecule has 318 valence electrons. The van der Waals surface area contributed by atoms with E-state index in [1.165, 1.54) is 87.6 Å². The monoisotopic (exact) mass is 884 g/mol. The van der Waals surface area contributed by atoms with Crippen molar-refractivity contribution in [3.8, 4) is 62.1 Å². The minimum atomic E-state index is 0.623. The molecule has 5 nitrogen and oxygen atoms in total. The Morgan fingerprint density at radius 1 is 0.300 bits per heavy atom. The predicted octanol–water partition coefficient (Wildman–Crippen LogP) is -11.2. The lowest BCUT2D eigenvalue weighted by Crippen LogP contribution is -2.48. The fourth-order valence-corrected chi connectivity index (χ4v) is 11.5. The summed E-state index contributed by atoms with van der Waals surface area (Å²) in [5, 5.41) is 4.80. The Morgan fingerprint density at radius 3 is 1.31 bits per heavy atom. The third-order valence-electron chi connectivity index (χ3n) is 16.6. The summed E-state index contributed by atoms with van der Waals surface area (Å²) < 4.78 is 9.52. The van der Waals surface area contributed by atoms with Crippen molar-refractivity contribution in [1.82, 2.24) is 19.5 Å². The van der Waals surface area contributed by atoms with Crippen molar-refractivity contribution in [3.05, 3.63) is 109 Å². The molecule has 0 unspecified atom stereocenters. The molecule has 0 fully saturated rings. The van der Waals surface area contributed by atoms with Crippen molar-refractivity contribution < 1.29 is 4.42 Å². The Balaban J connectivity index is 1.26. The van der Waals surface area contributed by atoms with Gasteiger partial charge in [0.2, 0.25) is 0 Å². The van der Waals surface area contributed by atoms with Gasteiger partial charge in [0.1, 0.15) is 121 Å². The van der Waals surface area contributed by atoms with Crippen LogP contribution in [0.1, 0.15) is 0 Å². The highest BCUT2D eigenvalue weighted by atomic mass is 16.3. The molecule has 0 atom stereocenters. The lowest BCUT2D eigenvalue weighted by molar-refractivity contribution is 0.675. The first-order chi connectivity index (χ1) is 33.6. The maximum Gasteiger partial charge on any atom is 0.164 e. The highest BCUT2D eigenvalue weighted by Gasteiger charge is 2.29. The molecule has 0 saturated carbocycles. The van der Waals surface area contributed by atoms with Crippen LogP contribution >= 0.6 is 0 Å². The summed E-state index contributed by atoms with van der Waals surface area (Å²) in [6, 6.07) is 38.9. The van der Waals surface area contributed by atoms with Crippen LogP contribution in [0.5, 0.6) is 0 Å². The van der Waals surface area contributed by atoms with Crippen LogP contribution < -0.4 is 76.5 Å². The van der Waals surface area contributed by atoms with Crippen molar-refractivity contribution >= 4 is 230 Å². The van der Waals surface area contributed by atoms with E-state index in [0.717, 1.165) is 77.3 Å². The molecule has 0 aliphatic heterocycles. The first-order valence-corrected chi connectivity index (χ1v) is 24.6. The standard InChI is InChI=1S/C51H46B14N4O/c52-31-26-27-32(53)37(58)40(61)42(63)46(27)69(24-15-5-2-6-16-24)45(26)36(57)30(35(31)56)51-67-49(23-14-8-13-22(18-23)21-12-7-11-20(17-21)19-9-3-1-4-10-19)66-50(68-51)29-25-28-33(54)38(59)41(62)44(65)48(28)70-47(25)43(64)39(60)34(29)55/h1-18H,52-65H2. The zero-order valence-electron chi connectivity index (χ0n) is 43.1. The molecule has 0 amide bonds. The normalized spacial score (nSPS) is 11.7. The summed E-state index contributed by atoms with van der Waals surface area (Å²) in [5.41, 5.74) is 30.1. The quantitative estimate of drug-likeness (QED) is 0.156. The van der Waals surface area contributed by atoms with Crippen LogP contribution in [-0.4, -0.2) is 129 Å². The third-order valence-corrected chi connectivity index (χ3v) is 16.6. The Bertz CT molecular complexity index is 4070. The highest BCUT2D eigenvalue weighted by molar-refractivity contribution is 6.71. The maximum absolute atomic E-state index is 7.01. The van der Waals surface area contributed by atoms with Gasteiger partial charge in [0.25, 0.3) is 0 Å². The van der Waals surface area contributed by atoms with Crippen LogP contribution in [0, 0.1) is 0 Å². The largest absolute Gasteiger partial charge is 0.457 e. The van der Waals surface area contributed by atoms with Gasteiger partial charge in [0.05, 0.1) is 0 Å². The van der Waals surface area contributed by atoms with Crippen molar-refractivity contribution in [2.75, 3.05) is 0 Å². The smallest absolute Gasteiger partial charge is 0.164 e. The number of rotatable bonds is 6. The second-order valence-corrected chi connectivity index (χ2v) is 20.0. The summed E-state index contributed by atoms with van der Waals surface area (Å²) >= 11 is 0. The minimum absolute atomic E-state index is 0.623. The van der Waals surface area contributed by atoms with Gasteiger partial charge in [-0.3, -0.25) is 0 Å². The number of benzene rings is 8. The SMILES string of the molecule is Bc1c(B)c(B)c2c(oc3c(B)c(B)c(B)c(-c4nc(-c5cccc(-c6cccc(-c7ccccc7)c6)c5)nc(-c5c(B)c(B)c6c7c(B)c(B)c(B)c(B)c7n(-c7ccccc7)c6c5B)n4)c32)c1B. The first-order valence-electron chi connectivity index (χ1n) is 24.6. The van der Waals surface area contributed by atoms with Crippen LogP contribution in [0.2, 0.25) is 0 Å². The zero-order valence-corrected chi connectivity index (χ0v) is 43.1. The number of hydrogen-bond acceptors (Lipinski definition) is 4. The third kappa shape index (κ3) is 6.78. The van der Waals surface area contributed by atoms with Crippen molar-refractivity contribution in [2.24, 2.45) is 0 Å². The second kappa shape index (κ2) is 17.0. The van der Waals surface area contributed by atoms with Crippen LogP contribution in [0.15, 0.2) is 114 Å². The van der Waals surface area contributed by atoms with E-state index in [1.807, 2.05) is 0 Å². The molecule has 0 aliphatic carbocycles. The topological polar surface area (TPSA) is 56.7 Å². The van der Waals surface area contributed by atoms with E-state index in [-0.39, 0.29) is 0 Å². The molecule has 0 radical (unpaired) electrons.